The van der Waals surface area contributed by atoms with Gasteiger partial charge in [0.2, 0.25) is 21.8 Å². The van der Waals surface area contributed by atoms with Crippen LogP contribution in [0, 0.1) is 6.92 Å². The summed E-state index contributed by atoms with van der Waals surface area (Å²) in [5.74, 6) is -0.577. The standard InChI is InChI=1S/C32H38Cl3N3O4S/c1-5-22(2)36-32(40)30(19-24-11-7-6-8-12-24)37(21-25-16-17-26(33)20-28(25)35)31(39)15-10-18-38(43(4,41)42)29-14-9-13-27(34)23(29)3/h6-9,11-14,16-17,20,22,30H,5,10,15,18-19,21H2,1-4H3,(H,36,40)/t22-,30+/m0/s1. The smallest absolute Gasteiger partial charge is 0.243 e. The van der Waals surface area contributed by atoms with Crippen LogP contribution < -0.4 is 9.62 Å². The molecule has 7 nitrogen and oxygen atoms in total. The zero-order valence-electron chi connectivity index (χ0n) is 24.8. The van der Waals surface area contributed by atoms with Gasteiger partial charge in [-0.15, -0.1) is 0 Å². The van der Waals surface area contributed by atoms with E-state index in [-0.39, 0.29) is 50.2 Å². The minimum absolute atomic E-state index is 0.00125. The van der Waals surface area contributed by atoms with E-state index in [0.29, 0.717) is 31.9 Å². The van der Waals surface area contributed by atoms with E-state index in [9.17, 15) is 18.0 Å². The SMILES string of the molecule is CC[C@H](C)NC(=O)[C@@H](Cc1ccccc1)N(Cc1ccc(Cl)cc1Cl)C(=O)CCCN(c1cccc(Cl)c1C)S(C)(=O)=O. The van der Waals surface area contributed by atoms with E-state index in [1.54, 1.807) is 43.3 Å². The van der Waals surface area contributed by atoms with Crippen molar-refractivity contribution in [3.05, 3.63) is 98.5 Å². The lowest BCUT2D eigenvalue weighted by atomic mass is 10.0. The molecule has 0 aliphatic carbocycles. The highest BCUT2D eigenvalue weighted by Crippen LogP contribution is 2.29. The van der Waals surface area contributed by atoms with E-state index in [1.807, 2.05) is 44.2 Å². The van der Waals surface area contributed by atoms with Crippen LogP contribution in [0.1, 0.15) is 49.8 Å². The Labute approximate surface area is 270 Å². The summed E-state index contributed by atoms with van der Waals surface area (Å²) in [7, 11) is -3.66. The van der Waals surface area contributed by atoms with E-state index < -0.39 is 16.1 Å². The quantitative estimate of drug-likeness (QED) is 0.200. The predicted molar refractivity (Wildman–Crippen MR) is 176 cm³/mol. The van der Waals surface area contributed by atoms with Crippen LogP contribution in [0.3, 0.4) is 0 Å². The first-order chi connectivity index (χ1) is 20.3. The molecule has 232 valence electrons. The van der Waals surface area contributed by atoms with Crippen LogP contribution in [0.2, 0.25) is 15.1 Å². The number of anilines is 1. The number of hydrogen-bond acceptors (Lipinski definition) is 4. The second-order valence-corrected chi connectivity index (χ2v) is 13.8. The van der Waals surface area contributed by atoms with Gasteiger partial charge in [0.05, 0.1) is 11.9 Å². The van der Waals surface area contributed by atoms with Crippen LogP contribution in [0.15, 0.2) is 66.7 Å². The fourth-order valence-corrected chi connectivity index (χ4v) is 6.33. The summed E-state index contributed by atoms with van der Waals surface area (Å²) in [6.45, 7) is 5.77. The van der Waals surface area contributed by atoms with Gasteiger partial charge in [0.25, 0.3) is 0 Å². The van der Waals surface area contributed by atoms with Gasteiger partial charge in [-0.2, -0.15) is 0 Å². The van der Waals surface area contributed by atoms with Crippen molar-refractivity contribution in [1.29, 1.82) is 0 Å². The number of nitrogens with zero attached hydrogens (tertiary/aromatic N) is 2. The van der Waals surface area contributed by atoms with Crippen molar-refractivity contribution in [3.8, 4) is 0 Å². The van der Waals surface area contributed by atoms with Crippen molar-refractivity contribution < 1.29 is 18.0 Å². The molecule has 0 spiro atoms. The molecule has 0 saturated carbocycles. The number of hydrogen-bond donors (Lipinski definition) is 1. The Hall–Kier alpha value is -2.78. The monoisotopic (exact) mass is 665 g/mol. The summed E-state index contributed by atoms with van der Waals surface area (Å²) < 4.78 is 26.8. The molecule has 0 aromatic heterocycles. The van der Waals surface area contributed by atoms with Gasteiger partial charge in [0, 0.05) is 47.0 Å². The highest BCUT2D eigenvalue weighted by Gasteiger charge is 2.31. The largest absolute Gasteiger partial charge is 0.352 e. The normalized spacial score (nSPS) is 12.8. The van der Waals surface area contributed by atoms with Gasteiger partial charge in [-0.05, 0) is 67.6 Å². The van der Waals surface area contributed by atoms with Crippen molar-refractivity contribution >= 4 is 62.3 Å². The van der Waals surface area contributed by atoms with Crippen molar-refractivity contribution in [3.63, 3.8) is 0 Å². The minimum Gasteiger partial charge on any atom is -0.352 e. The fourth-order valence-electron chi connectivity index (χ4n) is 4.68. The van der Waals surface area contributed by atoms with E-state index in [2.05, 4.69) is 5.32 Å². The number of amides is 2. The van der Waals surface area contributed by atoms with E-state index in [0.717, 1.165) is 18.2 Å². The summed E-state index contributed by atoms with van der Waals surface area (Å²) >= 11 is 18.9. The lowest BCUT2D eigenvalue weighted by Crippen LogP contribution is -2.52. The maximum atomic E-state index is 14.0. The first-order valence-electron chi connectivity index (χ1n) is 14.1. The molecule has 1 N–H and O–H groups in total. The van der Waals surface area contributed by atoms with Crippen molar-refractivity contribution in [2.24, 2.45) is 0 Å². The number of carbonyl (C=O) groups excluding carboxylic acids is 2. The third-order valence-electron chi connectivity index (χ3n) is 7.29. The third kappa shape index (κ3) is 9.86. The maximum absolute atomic E-state index is 14.0. The number of carbonyl (C=O) groups is 2. The number of rotatable bonds is 14. The van der Waals surface area contributed by atoms with Crippen LogP contribution in [0.5, 0.6) is 0 Å². The molecule has 0 unspecified atom stereocenters. The first kappa shape index (κ1) is 34.7. The molecular weight excluding hydrogens is 629 g/mol. The number of benzene rings is 3. The van der Waals surface area contributed by atoms with Gasteiger partial charge in [0.1, 0.15) is 6.04 Å². The van der Waals surface area contributed by atoms with Gasteiger partial charge >= 0.3 is 0 Å². The molecule has 0 aliphatic heterocycles. The molecule has 11 heteroatoms. The highest BCUT2D eigenvalue weighted by molar-refractivity contribution is 7.92. The number of nitrogens with one attached hydrogen (secondary N) is 1. The van der Waals surface area contributed by atoms with Crippen molar-refractivity contribution in [1.82, 2.24) is 10.2 Å². The molecule has 3 rings (SSSR count). The lowest BCUT2D eigenvalue weighted by molar-refractivity contribution is -0.141. The zero-order chi connectivity index (χ0) is 31.7. The predicted octanol–water partition coefficient (Wildman–Crippen LogP) is 7.06. The molecular formula is C32H38Cl3N3O4S. The topological polar surface area (TPSA) is 86.8 Å². The van der Waals surface area contributed by atoms with Gasteiger partial charge in [-0.25, -0.2) is 8.42 Å². The Kier molecular flexibility index (Phi) is 12.8. The molecule has 2 amide bonds. The van der Waals surface area contributed by atoms with Gasteiger partial charge < -0.3 is 10.2 Å². The van der Waals surface area contributed by atoms with E-state index in [4.69, 9.17) is 34.8 Å². The summed E-state index contributed by atoms with van der Waals surface area (Å²) in [6.07, 6.45) is 2.36. The van der Waals surface area contributed by atoms with Crippen molar-refractivity contribution in [2.75, 3.05) is 17.1 Å². The minimum atomic E-state index is -3.66. The Morgan fingerprint density at radius 2 is 1.65 bits per heavy atom. The summed E-state index contributed by atoms with van der Waals surface area (Å²) in [6, 6.07) is 18.7. The molecule has 0 bridgehead atoms. The van der Waals surface area contributed by atoms with E-state index in [1.165, 1.54) is 9.21 Å². The molecule has 0 aliphatic rings. The first-order valence-corrected chi connectivity index (χ1v) is 17.1. The summed E-state index contributed by atoms with van der Waals surface area (Å²) in [4.78, 5) is 29.2. The molecule has 0 radical (unpaired) electrons. The zero-order valence-corrected chi connectivity index (χ0v) is 27.9. The van der Waals surface area contributed by atoms with Crippen LogP contribution in [-0.2, 0) is 32.6 Å². The van der Waals surface area contributed by atoms with Crippen LogP contribution in [-0.4, -0.2) is 50.0 Å². The third-order valence-corrected chi connectivity index (χ3v) is 9.46. The van der Waals surface area contributed by atoms with Crippen molar-refractivity contribution in [2.45, 2.75) is 65.1 Å². The fraction of sp³-hybridized carbons (Fsp3) is 0.375. The van der Waals surface area contributed by atoms with Gasteiger partial charge in [-0.3, -0.25) is 13.9 Å². The average molecular weight is 667 g/mol. The molecule has 43 heavy (non-hydrogen) atoms. The molecule has 0 fully saturated rings. The molecule has 3 aromatic rings. The van der Waals surface area contributed by atoms with Crippen LogP contribution >= 0.6 is 34.8 Å². The van der Waals surface area contributed by atoms with Crippen LogP contribution in [0.25, 0.3) is 0 Å². The van der Waals surface area contributed by atoms with Gasteiger partial charge in [0.15, 0.2) is 0 Å². The Balaban J connectivity index is 1.94. The number of halogens is 3. The van der Waals surface area contributed by atoms with E-state index >= 15 is 0 Å². The maximum Gasteiger partial charge on any atom is 0.243 e. The number of sulfonamides is 1. The van der Waals surface area contributed by atoms with Gasteiger partial charge in [-0.1, -0.05) is 84.2 Å². The molecule has 0 heterocycles. The second-order valence-electron chi connectivity index (χ2n) is 10.6. The Morgan fingerprint density at radius 1 is 0.953 bits per heavy atom. The van der Waals surface area contributed by atoms with Crippen LogP contribution in [0.4, 0.5) is 5.69 Å². The molecule has 2 atom stereocenters. The lowest BCUT2D eigenvalue weighted by Gasteiger charge is -2.33. The highest BCUT2D eigenvalue weighted by atomic mass is 35.5. The average Bonchev–Trinajstić information content (AvgIpc) is 2.95. The molecule has 0 saturated heterocycles. The summed E-state index contributed by atoms with van der Waals surface area (Å²) in [5.41, 5.74) is 2.62. The summed E-state index contributed by atoms with van der Waals surface area (Å²) in [5, 5.41) is 4.32. The second kappa shape index (κ2) is 15.8. The Bertz CT molecular complexity index is 1520. The molecule has 3 aromatic carbocycles. The Morgan fingerprint density at radius 3 is 2.28 bits per heavy atom.